The Bertz CT molecular complexity index is 352. The van der Waals surface area contributed by atoms with E-state index in [1.807, 2.05) is 47.7 Å². The summed E-state index contributed by atoms with van der Waals surface area (Å²) in [6, 6.07) is 3.94. The molecule has 2 aromatic rings. The van der Waals surface area contributed by atoms with Crippen molar-refractivity contribution in [3.63, 3.8) is 0 Å². The van der Waals surface area contributed by atoms with Gasteiger partial charge in [0.05, 0.1) is 0 Å². The second-order valence-electron chi connectivity index (χ2n) is 2.67. The van der Waals surface area contributed by atoms with Gasteiger partial charge in [-0.3, -0.25) is 4.68 Å². The molecule has 0 unspecified atom stereocenters. The zero-order valence-corrected chi connectivity index (χ0v) is 7.10. The minimum absolute atomic E-state index is 0.892. The Labute approximate surface area is 70.4 Å². The molecule has 2 rings (SSSR count). The van der Waals surface area contributed by atoms with Crippen LogP contribution in [0.15, 0.2) is 24.5 Å². The Morgan fingerprint density at radius 2 is 1.50 bits per heavy atom. The highest BCUT2D eigenvalue weighted by atomic mass is 15.5. The van der Waals surface area contributed by atoms with E-state index in [-0.39, 0.29) is 0 Å². The van der Waals surface area contributed by atoms with Crippen molar-refractivity contribution in [1.29, 1.82) is 0 Å². The molecule has 62 valence electrons. The molecule has 0 aliphatic rings. The van der Waals surface area contributed by atoms with Crippen LogP contribution in [-0.4, -0.2) is 19.5 Å². The van der Waals surface area contributed by atoms with E-state index in [0.717, 1.165) is 11.6 Å². The fourth-order valence-corrected chi connectivity index (χ4v) is 1.26. The van der Waals surface area contributed by atoms with E-state index >= 15 is 0 Å². The van der Waals surface area contributed by atoms with Crippen LogP contribution >= 0.6 is 0 Å². The predicted molar refractivity (Wildman–Crippen MR) is 44.7 cm³/mol. The van der Waals surface area contributed by atoms with E-state index in [2.05, 4.69) is 10.2 Å². The van der Waals surface area contributed by atoms with Crippen LogP contribution in [0.2, 0.25) is 0 Å². The van der Waals surface area contributed by atoms with Gasteiger partial charge in [-0.2, -0.15) is 0 Å². The molecule has 0 radical (unpaired) electrons. The van der Waals surface area contributed by atoms with E-state index < -0.39 is 0 Å². The van der Waals surface area contributed by atoms with Crippen molar-refractivity contribution in [2.45, 2.75) is 13.8 Å². The molecule has 12 heavy (non-hydrogen) atoms. The third kappa shape index (κ3) is 0.922. The van der Waals surface area contributed by atoms with Gasteiger partial charge in [0.1, 0.15) is 11.6 Å². The minimum atomic E-state index is 0.892. The van der Waals surface area contributed by atoms with Crippen molar-refractivity contribution in [2.24, 2.45) is 0 Å². The smallest absolute Gasteiger partial charge is 0.149 e. The summed E-state index contributed by atoms with van der Waals surface area (Å²) in [5.74, 6) is 1.78. The number of rotatable bonds is 1. The molecule has 0 N–H and O–H groups in total. The van der Waals surface area contributed by atoms with Gasteiger partial charge >= 0.3 is 0 Å². The van der Waals surface area contributed by atoms with Gasteiger partial charge in [0, 0.05) is 12.4 Å². The third-order valence-corrected chi connectivity index (χ3v) is 1.77. The van der Waals surface area contributed by atoms with Gasteiger partial charge in [0.15, 0.2) is 0 Å². The monoisotopic (exact) mass is 162 g/mol. The molecule has 2 aromatic heterocycles. The fourth-order valence-electron chi connectivity index (χ4n) is 1.26. The lowest BCUT2D eigenvalue weighted by Gasteiger charge is -2.05. The molecule has 0 aliphatic heterocycles. The molecule has 0 amide bonds. The Kier molecular flexibility index (Phi) is 1.46. The summed E-state index contributed by atoms with van der Waals surface area (Å²) in [4.78, 5) is 0. The molecule has 0 saturated heterocycles. The van der Waals surface area contributed by atoms with E-state index in [1.165, 1.54) is 0 Å². The quantitative estimate of drug-likeness (QED) is 0.627. The lowest BCUT2D eigenvalue weighted by atomic mass is 10.7. The molecule has 0 bridgehead atoms. The van der Waals surface area contributed by atoms with Crippen LogP contribution in [0.4, 0.5) is 0 Å². The molecule has 0 spiro atoms. The van der Waals surface area contributed by atoms with Gasteiger partial charge in [-0.1, -0.05) is 0 Å². The van der Waals surface area contributed by atoms with Crippen LogP contribution in [-0.2, 0) is 0 Å². The van der Waals surface area contributed by atoms with Crippen LogP contribution < -0.4 is 0 Å². The van der Waals surface area contributed by atoms with E-state index in [4.69, 9.17) is 0 Å². The zero-order valence-electron chi connectivity index (χ0n) is 7.10. The Hall–Kier alpha value is -1.58. The van der Waals surface area contributed by atoms with E-state index in [0.29, 0.717) is 0 Å². The lowest BCUT2D eigenvalue weighted by molar-refractivity contribution is 0.618. The number of hydrogen-bond donors (Lipinski definition) is 0. The molecule has 0 aliphatic carbocycles. The molecule has 0 fully saturated rings. The SMILES string of the molecule is Cc1nnc(C)n1-n1cccc1. The van der Waals surface area contributed by atoms with Gasteiger partial charge in [0.25, 0.3) is 0 Å². The molecule has 0 aromatic carbocycles. The summed E-state index contributed by atoms with van der Waals surface area (Å²) in [6.07, 6.45) is 3.92. The first-order valence-corrected chi connectivity index (χ1v) is 3.81. The first-order chi connectivity index (χ1) is 5.79. The predicted octanol–water partition coefficient (Wildman–Crippen LogP) is 1.01. The summed E-state index contributed by atoms with van der Waals surface area (Å²) in [5, 5.41) is 7.93. The summed E-state index contributed by atoms with van der Waals surface area (Å²) in [7, 11) is 0. The Balaban J connectivity index is 2.60. The average Bonchev–Trinajstić information content (AvgIpc) is 2.61. The third-order valence-electron chi connectivity index (χ3n) is 1.77. The number of aryl methyl sites for hydroxylation is 2. The van der Waals surface area contributed by atoms with Crippen LogP contribution in [0.5, 0.6) is 0 Å². The van der Waals surface area contributed by atoms with Crippen molar-refractivity contribution in [3.05, 3.63) is 36.2 Å². The van der Waals surface area contributed by atoms with Crippen molar-refractivity contribution in [1.82, 2.24) is 19.5 Å². The summed E-state index contributed by atoms with van der Waals surface area (Å²) >= 11 is 0. The molecular formula is C8H10N4. The van der Waals surface area contributed by atoms with Crippen LogP contribution in [0.25, 0.3) is 0 Å². The topological polar surface area (TPSA) is 35.6 Å². The maximum atomic E-state index is 3.96. The second-order valence-corrected chi connectivity index (χ2v) is 2.67. The number of aromatic nitrogens is 4. The zero-order chi connectivity index (χ0) is 8.55. The van der Waals surface area contributed by atoms with Crippen molar-refractivity contribution in [3.8, 4) is 0 Å². The maximum absolute atomic E-state index is 3.96. The first-order valence-electron chi connectivity index (χ1n) is 3.81. The molecule has 4 nitrogen and oxygen atoms in total. The van der Waals surface area contributed by atoms with Crippen molar-refractivity contribution >= 4 is 0 Å². The second kappa shape index (κ2) is 2.48. The fraction of sp³-hybridized carbons (Fsp3) is 0.250. The minimum Gasteiger partial charge on any atom is -0.261 e. The normalized spacial score (nSPS) is 10.5. The van der Waals surface area contributed by atoms with Gasteiger partial charge in [-0.25, -0.2) is 4.68 Å². The maximum Gasteiger partial charge on any atom is 0.149 e. The first kappa shape index (κ1) is 7.09. The highest BCUT2D eigenvalue weighted by molar-refractivity contribution is 4.98. The van der Waals surface area contributed by atoms with Gasteiger partial charge < -0.3 is 0 Å². The van der Waals surface area contributed by atoms with Crippen molar-refractivity contribution < 1.29 is 0 Å². The molecule has 4 heteroatoms. The van der Waals surface area contributed by atoms with Crippen LogP contribution in [0, 0.1) is 13.8 Å². The van der Waals surface area contributed by atoms with Crippen LogP contribution in [0.3, 0.4) is 0 Å². The summed E-state index contributed by atoms with van der Waals surface area (Å²) in [6.45, 7) is 3.86. The number of nitrogens with zero attached hydrogens (tertiary/aromatic N) is 4. The summed E-state index contributed by atoms with van der Waals surface area (Å²) < 4.78 is 3.89. The number of hydrogen-bond acceptors (Lipinski definition) is 2. The largest absolute Gasteiger partial charge is 0.261 e. The molecule has 2 heterocycles. The highest BCUT2D eigenvalue weighted by Gasteiger charge is 2.03. The highest BCUT2D eigenvalue weighted by Crippen LogP contribution is 2.01. The lowest BCUT2D eigenvalue weighted by Crippen LogP contribution is -2.10. The van der Waals surface area contributed by atoms with E-state index in [9.17, 15) is 0 Å². The van der Waals surface area contributed by atoms with Gasteiger partial charge in [-0.15, -0.1) is 10.2 Å². The Morgan fingerprint density at radius 3 is 2.00 bits per heavy atom. The molecule has 0 atom stereocenters. The van der Waals surface area contributed by atoms with E-state index in [1.54, 1.807) is 0 Å². The van der Waals surface area contributed by atoms with Crippen LogP contribution in [0.1, 0.15) is 11.6 Å². The molecule has 0 saturated carbocycles. The van der Waals surface area contributed by atoms with Crippen molar-refractivity contribution in [2.75, 3.05) is 0 Å². The molecular weight excluding hydrogens is 152 g/mol. The summed E-state index contributed by atoms with van der Waals surface area (Å²) in [5.41, 5.74) is 0. The van der Waals surface area contributed by atoms with Gasteiger partial charge in [-0.05, 0) is 26.0 Å². The standard InChI is InChI=1S/C8H10N4/c1-7-9-10-8(2)12(7)11-5-3-4-6-11/h3-6H,1-2H3. The average molecular weight is 162 g/mol. The Morgan fingerprint density at radius 1 is 1.00 bits per heavy atom. The van der Waals surface area contributed by atoms with Gasteiger partial charge in [0.2, 0.25) is 0 Å².